The third-order valence-electron chi connectivity index (χ3n) is 7.21. The highest BCUT2D eigenvalue weighted by molar-refractivity contribution is 6.74. The Balaban J connectivity index is 2.01. The van der Waals surface area contributed by atoms with Crippen molar-refractivity contribution in [2.24, 2.45) is 11.8 Å². The maximum atomic E-state index is 13.3. The van der Waals surface area contributed by atoms with Gasteiger partial charge in [-0.1, -0.05) is 65.0 Å². The van der Waals surface area contributed by atoms with Crippen molar-refractivity contribution in [2.75, 3.05) is 20.3 Å². The molecule has 2 amide bonds. The molecule has 1 aromatic carbocycles. The maximum Gasteiger partial charge on any atom is 0.417 e. The Labute approximate surface area is 205 Å². The number of aliphatic hydroxyl groups excluding tert-OH is 1. The summed E-state index contributed by atoms with van der Waals surface area (Å²) in [6.07, 6.45) is -1.74. The van der Waals surface area contributed by atoms with Gasteiger partial charge >= 0.3 is 6.09 Å². The Kier molecular flexibility index (Phi) is 9.88. The first-order valence-corrected chi connectivity index (χ1v) is 15.1. The number of benzene rings is 1. The highest BCUT2D eigenvalue weighted by Gasteiger charge is 2.44. The first kappa shape index (κ1) is 28.5. The van der Waals surface area contributed by atoms with Gasteiger partial charge in [-0.15, -0.1) is 0 Å². The zero-order valence-corrected chi connectivity index (χ0v) is 23.0. The molecule has 1 heterocycles. The van der Waals surface area contributed by atoms with Crippen LogP contribution in [0.5, 0.6) is 0 Å². The van der Waals surface area contributed by atoms with E-state index < -0.39 is 38.6 Å². The lowest BCUT2D eigenvalue weighted by Gasteiger charge is -2.37. The molecule has 192 valence electrons. The summed E-state index contributed by atoms with van der Waals surface area (Å²) < 4.78 is 16.9. The predicted molar refractivity (Wildman–Crippen MR) is 135 cm³/mol. The molecule has 1 aliphatic heterocycles. The zero-order chi connectivity index (χ0) is 25.7. The van der Waals surface area contributed by atoms with Gasteiger partial charge in [-0.25, -0.2) is 9.69 Å². The van der Waals surface area contributed by atoms with Crippen LogP contribution in [0.4, 0.5) is 4.79 Å². The van der Waals surface area contributed by atoms with Crippen LogP contribution in [0.2, 0.25) is 18.1 Å². The van der Waals surface area contributed by atoms with Gasteiger partial charge in [0.1, 0.15) is 6.61 Å². The summed E-state index contributed by atoms with van der Waals surface area (Å²) in [7, 11) is -0.472. The number of methoxy groups -OCH3 is 1. The van der Waals surface area contributed by atoms with Gasteiger partial charge < -0.3 is 19.0 Å². The molecule has 1 fully saturated rings. The molecule has 1 aliphatic rings. The highest BCUT2D eigenvalue weighted by Crippen LogP contribution is 2.37. The van der Waals surface area contributed by atoms with Gasteiger partial charge in [0.25, 0.3) is 5.91 Å². The minimum atomic E-state index is -1.86. The van der Waals surface area contributed by atoms with Crippen LogP contribution in [0, 0.1) is 11.8 Å². The van der Waals surface area contributed by atoms with E-state index in [1.54, 1.807) is 0 Å². The van der Waals surface area contributed by atoms with E-state index in [-0.39, 0.29) is 23.5 Å². The van der Waals surface area contributed by atoms with Crippen LogP contribution in [0.3, 0.4) is 0 Å². The smallest absolute Gasteiger partial charge is 0.417 e. The number of amides is 2. The minimum Gasteiger partial charge on any atom is -0.447 e. The Morgan fingerprint density at radius 1 is 1.24 bits per heavy atom. The fourth-order valence-corrected chi connectivity index (χ4v) is 5.13. The second kappa shape index (κ2) is 11.8. The SMILES string of the molecule is CO[C@H](C(=O)N1C(=O)OC[C@@H]1Cc1ccccc1)[C@H](O)[C@H](C)C[C@H](C)CO[Si](C)(C)C(C)(C)C. The summed E-state index contributed by atoms with van der Waals surface area (Å²) in [5, 5.41) is 11.2. The molecule has 0 unspecified atom stereocenters. The number of hydrogen-bond acceptors (Lipinski definition) is 6. The van der Waals surface area contributed by atoms with Crippen LogP contribution < -0.4 is 0 Å². The summed E-state index contributed by atoms with van der Waals surface area (Å²) in [6, 6.07) is 9.21. The molecule has 7 nitrogen and oxygen atoms in total. The molecule has 2 rings (SSSR count). The zero-order valence-electron chi connectivity index (χ0n) is 22.0. The summed E-state index contributed by atoms with van der Waals surface area (Å²) in [5.41, 5.74) is 1.00. The Hall–Kier alpha value is -1.74. The Morgan fingerprint density at radius 3 is 2.41 bits per heavy atom. The van der Waals surface area contributed by atoms with E-state index >= 15 is 0 Å². The molecule has 5 atom stereocenters. The Bertz CT molecular complexity index is 809. The summed E-state index contributed by atoms with van der Waals surface area (Å²) in [6.45, 7) is 15.8. The molecule has 0 aliphatic carbocycles. The number of hydrogen-bond donors (Lipinski definition) is 1. The number of aliphatic hydroxyl groups is 1. The molecule has 8 heteroatoms. The monoisotopic (exact) mass is 493 g/mol. The van der Waals surface area contributed by atoms with Crippen LogP contribution in [-0.4, -0.2) is 68.9 Å². The summed E-state index contributed by atoms with van der Waals surface area (Å²) in [5.74, 6) is -0.581. The first-order chi connectivity index (χ1) is 15.8. The number of rotatable bonds is 11. The van der Waals surface area contributed by atoms with Crippen molar-refractivity contribution in [2.45, 2.75) is 83.8 Å². The average molecular weight is 494 g/mol. The van der Waals surface area contributed by atoms with Gasteiger partial charge in [0.15, 0.2) is 14.4 Å². The standard InChI is InChI=1S/C26H43NO6Si/c1-18(16-33-34(7,8)26(3,4)5)14-19(2)22(28)23(31-6)24(29)27-21(17-32-25(27)30)15-20-12-10-9-11-13-20/h9-13,18-19,21-23,28H,14-17H2,1-8H3/t18-,19+,21-,22+,23-/m0/s1. The van der Waals surface area contributed by atoms with Gasteiger partial charge in [0, 0.05) is 13.7 Å². The maximum absolute atomic E-state index is 13.3. The topological polar surface area (TPSA) is 85.3 Å². The number of cyclic esters (lactones) is 1. The molecule has 0 spiro atoms. The lowest BCUT2D eigenvalue weighted by Crippen LogP contribution is -2.51. The number of imide groups is 1. The number of ether oxygens (including phenoxy) is 2. The van der Waals surface area contributed by atoms with Crippen LogP contribution in [0.25, 0.3) is 0 Å². The van der Waals surface area contributed by atoms with Crippen molar-refractivity contribution < 1.29 is 28.6 Å². The van der Waals surface area contributed by atoms with Gasteiger partial charge in [0.2, 0.25) is 0 Å². The molecule has 0 saturated carbocycles. The molecule has 1 aromatic rings. The fraction of sp³-hybridized carbons (Fsp3) is 0.692. The number of carbonyl (C=O) groups excluding carboxylic acids is 2. The van der Waals surface area contributed by atoms with Crippen molar-refractivity contribution in [1.29, 1.82) is 0 Å². The molecule has 0 radical (unpaired) electrons. The average Bonchev–Trinajstić information content (AvgIpc) is 3.12. The van der Waals surface area contributed by atoms with Gasteiger partial charge in [-0.2, -0.15) is 0 Å². The second-order valence-electron chi connectivity index (χ2n) is 11.2. The van der Waals surface area contributed by atoms with Crippen LogP contribution >= 0.6 is 0 Å². The van der Waals surface area contributed by atoms with Gasteiger partial charge in [-0.3, -0.25) is 4.79 Å². The van der Waals surface area contributed by atoms with Gasteiger partial charge in [-0.05, 0) is 48.4 Å². The van der Waals surface area contributed by atoms with E-state index in [0.29, 0.717) is 19.4 Å². The predicted octanol–water partition coefficient (Wildman–Crippen LogP) is 4.64. The molecule has 1 saturated heterocycles. The van der Waals surface area contributed by atoms with E-state index in [0.717, 1.165) is 10.5 Å². The number of nitrogens with zero attached hydrogens (tertiary/aromatic N) is 1. The normalized spacial score (nSPS) is 20.6. The van der Waals surface area contributed by atoms with Crippen LogP contribution in [0.1, 0.15) is 46.6 Å². The van der Waals surface area contributed by atoms with Crippen LogP contribution in [0.15, 0.2) is 30.3 Å². The lowest BCUT2D eigenvalue weighted by atomic mass is 9.90. The van der Waals surface area contributed by atoms with Crippen molar-refractivity contribution >= 4 is 20.3 Å². The highest BCUT2D eigenvalue weighted by atomic mass is 28.4. The summed E-state index contributed by atoms with van der Waals surface area (Å²) in [4.78, 5) is 26.8. The van der Waals surface area contributed by atoms with E-state index in [4.69, 9.17) is 13.9 Å². The molecular weight excluding hydrogens is 450 g/mol. The van der Waals surface area contributed by atoms with E-state index in [1.165, 1.54) is 7.11 Å². The summed E-state index contributed by atoms with van der Waals surface area (Å²) >= 11 is 0. The van der Waals surface area contributed by atoms with E-state index in [1.807, 2.05) is 37.3 Å². The largest absolute Gasteiger partial charge is 0.447 e. The molecule has 0 aromatic heterocycles. The first-order valence-electron chi connectivity index (χ1n) is 12.2. The molecule has 0 bridgehead atoms. The third kappa shape index (κ3) is 7.13. The minimum absolute atomic E-state index is 0.128. The number of carbonyl (C=O) groups is 2. The van der Waals surface area contributed by atoms with Gasteiger partial charge in [0.05, 0.1) is 12.1 Å². The van der Waals surface area contributed by atoms with E-state index in [2.05, 4.69) is 40.8 Å². The second-order valence-corrected chi connectivity index (χ2v) is 16.0. The lowest BCUT2D eigenvalue weighted by molar-refractivity contribution is -0.149. The van der Waals surface area contributed by atoms with E-state index in [9.17, 15) is 14.7 Å². The quantitative estimate of drug-likeness (QED) is 0.452. The van der Waals surface area contributed by atoms with Crippen molar-refractivity contribution in [3.63, 3.8) is 0 Å². The van der Waals surface area contributed by atoms with Crippen molar-refractivity contribution in [1.82, 2.24) is 4.90 Å². The molecule has 1 N–H and O–H groups in total. The third-order valence-corrected chi connectivity index (χ3v) is 11.7. The molecular formula is C26H43NO6Si. The van der Waals surface area contributed by atoms with Crippen molar-refractivity contribution in [3.05, 3.63) is 35.9 Å². The molecule has 34 heavy (non-hydrogen) atoms. The van der Waals surface area contributed by atoms with Crippen LogP contribution in [-0.2, 0) is 25.1 Å². The van der Waals surface area contributed by atoms with Crippen molar-refractivity contribution in [3.8, 4) is 0 Å². The fourth-order valence-electron chi connectivity index (χ4n) is 4.00. The Morgan fingerprint density at radius 2 is 1.85 bits per heavy atom.